The molecule has 0 saturated carbocycles. The molecule has 0 saturated heterocycles. The summed E-state index contributed by atoms with van der Waals surface area (Å²) in [6, 6.07) is 5.05. The maximum Gasteiger partial charge on any atom is 0.240 e. The lowest BCUT2D eigenvalue weighted by Gasteiger charge is -2.19. The molecule has 0 amide bonds. The van der Waals surface area contributed by atoms with E-state index in [1.54, 1.807) is 25.1 Å². The maximum atomic E-state index is 11.9. The molecule has 16 heavy (non-hydrogen) atoms. The van der Waals surface area contributed by atoms with Crippen LogP contribution in [-0.2, 0) is 16.4 Å². The van der Waals surface area contributed by atoms with Gasteiger partial charge in [-0.3, -0.25) is 0 Å². The van der Waals surface area contributed by atoms with Gasteiger partial charge in [-0.2, -0.15) is 0 Å². The van der Waals surface area contributed by atoms with E-state index in [1.807, 2.05) is 0 Å². The van der Waals surface area contributed by atoms with Gasteiger partial charge in [-0.15, -0.1) is 0 Å². The number of hydrogen-bond donors (Lipinski definition) is 2. The smallest absolute Gasteiger partial charge is 0.240 e. The molecule has 1 aromatic rings. The van der Waals surface area contributed by atoms with Crippen molar-refractivity contribution in [3.05, 3.63) is 28.2 Å². The van der Waals surface area contributed by atoms with Crippen LogP contribution in [-0.4, -0.2) is 25.7 Å². The van der Waals surface area contributed by atoms with Gasteiger partial charge in [0, 0.05) is 17.4 Å². The van der Waals surface area contributed by atoms with Gasteiger partial charge >= 0.3 is 0 Å². The molecule has 4 nitrogen and oxygen atoms in total. The van der Waals surface area contributed by atoms with Crippen LogP contribution in [0.1, 0.15) is 12.5 Å². The number of β-amino-alcohol motifs (C(OH)–C–C–N with tert-alkyl or cyclic N) is 1. The zero-order chi connectivity index (χ0) is 12.0. The minimum atomic E-state index is -3.51. The zero-order valence-electron chi connectivity index (χ0n) is 8.70. The summed E-state index contributed by atoms with van der Waals surface area (Å²) < 4.78 is 26.9. The second-order valence-corrected chi connectivity index (χ2v) is 6.90. The highest BCUT2D eigenvalue weighted by atomic mass is 79.9. The van der Waals surface area contributed by atoms with Gasteiger partial charge in [0.25, 0.3) is 0 Å². The van der Waals surface area contributed by atoms with E-state index in [0.29, 0.717) is 16.5 Å². The minimum absolute atomic E-state index is 0.0294. The van der Waals surface area contributed by atoms with Gasteiger partial charge in [0.05, 0.1) is 10.5 Å². The van der Waals surface area contributed by atoms with Crippen molar-refractivity contribution in [1.82, 2.24) is 4.72 Å². The molecule has 1 aromatic carbocycles. The van der Waals surface area contributed by atoms with E-state index in [0.717, 1.165) is 0 Å². The summed E-state index contributed by atoms with van der Waals surface area (Å²) in [5.41, 5.74) is -0.412. The van der Waals surface area contributed by atoms with E-state index in [4.69, 9.17) is 0 Å². The van der Waals surface area contributed by atoms with Crippen LogP contribution >= 0.6 is 15.9 Å². The van der Waals surface area contributed by atoms with E-state index >= 15 is 0 Å². The van der Waals surface area contributed by atoms with Gasteiger partial charge in [0.2, 0.25) is 10.0 Å². The van der Waals surface area contributed by atoms with Crippen LogP contribution in [0.3, 0.4) is 0 Å². The summed E-state index contributed by atoms with van der Waals surface area (Å²) >= 11 is 3.24. The van der Waals surface area contributed by atoms with E-state index in [2.05, 4.69) is 20.7 Å². The van der Waals surface area contributed by atoms with Gasteiger partial charge in [0.15, 0.2) is 0 Å². The Hall–Kier alpha value is -0.430. The fourth-order valence-corrected chi connectivity index (χ4v) is 3.66. The first-order valence-corrected chi connectivity index (χ1v) is 7.08. The second kappa shape index (κ2) is 3.80. The SMILES string of the molecule is C[C@@]1(O)CNS(=O)(=O)c2cc(Br)ccc2C1. The Morgan fingerprint density at radius 2 is 2.19 bits per heavy atom. The van der Waals surface area contributed by atoms with Gasteiger partial charge in [-0.05, 0) is 24.6 Å². The molecule has 0 fully saturated rings. The molecule has 2 N–H and O–H groups in total. The predicted octanol–water partition coefficient (Wildman–Crippen LogP) is 1.03. The molecule has 0 aliphatic carbocycles. The topological polar surface area (TPSA) is 66.4 Å². The summed E-state index contributed by atoms with van der Waals surface area (Å²) in [5, 5.41) is 9.96. The van der Waals surface area contributed by atoms with E-state index in [1.165, 1.54) is 0 Å². The molecule has 0 spiro atoms. The quantitative estimate of drug-likeness (QED) is 0.752. The highest BCUT2D eigenvalue weighted by Gasteiger charge is 2.31. The van der Waals surface area contributed by atoms with Crippen molar-refractivity contribution in [2.24, 2.45) is 0 Å². The van der Waals surface area contributed by atoms with Crippen LogP contribution in [0.2, 0.25) is 0 Å². The maximum absolute atomic E-state index is 11.9. The third kappa shape index (κ3) is 2.29. The van der Waals surface area contributed by atoms with Crippen LogP contribution in [0.5, 0.6) is 0 Å². The Labute approximate surface area is 103 Å². The first-order valence-electron chi connectivity index (χ1n) is 4.81. The zero-order valence-corrected chi connectivity index (χ0v) is 11.1. The van der Waals surface area contributed by atoms with Gasteiger partial charge in [-0.1, -0.05) is 22.0 Å². The van der Waals surface area contributed by atoms with Crippen molar-refractivity contribution >= 4 is 26.0 Å². The van der Waals surface area contributed by atoms with Crippen molar-refractivity contribution in [3.63, 3.8) is 0 Å². The predicted molar refractivity (Wildman–Crippen MR) is 63.7 cm³/mol. The third-order valence-electron chi connectivity index (χ3n) is 2.53. The first-order chi connectivity index (χ1) is 7.30. The summed E-state index contributed by atoms with van der Waals surface area (Å²) in [7, 11) is -3.51. The van der Waals surface area contributed by atoms with Crippen LogP contribution in [0.4, 0.5) is 0 Å². The number of halogens is 1. The normalized spacial score (nSPS) is 28.2. The fourth-order valence-electron chi connectivity index (χ4n) is 1.73. The molecule has 0 radical (unpaired) electrons. The van der Waals surface area contributed by atoms with E-state index in [-0.39, 0.29) is 11.4 Å². The molecule has 1 aliphatic rings. The Balaban J connectivity index is 2.63. The summed E-state index contributed by atoms with van der Waals surface area (Å²) in [4.78, 5) is 0.236. The van der Waals surface area contributed by atoms with Crippen LogP contribution < -0.4 is 4.72 Å². The van der Waals surface area contributed by atoms with Gasteiger partial charge < -0.3 is 5.11 Å². The highest BCUT2D eigenvalue weighted by molar-refractivity contribution is 9.10. The molecule has 88 valence electrons. The number of sulfonamides is 1. The molecule has 0 unspecified atom stereocenters. The molecule has 0 bridgehead atoms. The monoisotopic (exact) mass is 305 g/mol. The molecule has 2 rings (SSSR count). The lowest BCUT2D eigenvalue weighted by molar-refractivity contribution is 0.0665. The van der Waals surface area contributed by atoms with Crippen LogP contribution in [0.15, 0.2) is 27.6 Å². The number of fused-ring (bicyclic) bond motifs is 1. The Morgan fingerprint density at radius 1 is 1.50 bits per heavy atom. The van der Waals surface area contributed by atoms with Crippen molar-refractivity contribution in [2.75, 3.05) is 6.54 Å². The summed E-state index contributed by atoms with van der Waals surface area (Å²) in [6.07, 6.45) is 0.321. The Morgan fingerprint density at radius 3 is 2.88 bits per heavy atom. The highest BCUT2D eigenvalue weighted by Crippen LogP contribution is 2.27. The van der Waals surface area contributed by atoms with Crippen molar-refractivity contribution in [1.29, 1.82) is 0 Å². The van der Waals surface area contributed by atoms with Crippen molar-refractivity contribution in [2.45, 2.75) is 23.8 Å². The Bertz CT molecular complexity index is 525. The lowest BCUT2D eigenvalue weighted by atomic mass is 9.97. The lowest BCUT2D eigenvalue weighted by Crippen LogP contribution is -2.39. The van der Waals surface area contributed by atoms with Crippen molar-refractivity contribution in [3.8, 4) is 0 Å². The van der Waals surface area contributed by atoms with Gasteiger partial charge in [-0.25, -0.2) is 13.1 Å². The standard InChI is InChI=1S/C10H12BrNO3S/c1-10(13)5-7-2-3-8(11)4-9(7)16(14,15)12-6-10/h2-4,12-13H,5-6H2,1H3/t10-/m0/s1. The van der Waals surface area contributed by atoms with Crippen molar-refractivity contribution < 1.29 is 13.5 Å². The van der Waals surface area contributed by atoms with E-state index in [9.17, 15) is 13.5 Å². The summed E-state index contributed by atoms with van der Waals surface area (Å²) in [6.45, 7) is 1.65. The number of rotatable bonds is 0. The molecule has 0 aromatic heterocycles. The average molecular weight is 306 g/mol. The molecule has 6 heteroatoms. The number of benzene rings is 1. The van der Waals surface area contributed by atoms with Crippen LogP contribution in [0.25, 0.3) is 0 Å². The minimum Gasteiger partial charge on any atom is -0.388 e. The second-order valence-electron chi connectivity index (χ2n) is 4.25. The largest absolute Gasteiger partial charge is 0.388 e. The van der Waals surface area contributed by atoms with Gasteiger partial charge in [0.1, 0.15) is 0 Å². The average Bonchev–Trinajstić information content (AvgIpc) is 2.25. The third-order valence-corrected chi connectivity index (χ3v) is 4.51. The Kier molecular flexibility index (Phi) is 2.86. The number of aliphatic hydroxyl groups is 1. The van der Waals surface area contributed by atoms with E-state index < -0.39 is 15.6 Å². The first kappa shape index (κ1) is 12.0. The molecule has 1 aliphatic heterocycles. The summed E-state index contributed by atoms with van der Waals surface area (Å²) in [5.74, 6) is 0. The number of hydrogen-bond acceptors (Lipinski definition) is 3. The number of nitrogens with one attached hydrogen (secondary N) is 1. The molecule has 1 heterocycles. The molecular weight excluding hydrogens is 294 g/mol. The fraction of sp³-hybridized carbons (Fsp3) is 0.400. The molecular formula is C10H12BrNO3S. The van der Waals surface area contributed by atoms with Crippen LogP contribution in [0, 0.1) is 0 Å². The molecule has 1 atom stereocenters.